The fourth-order valence-electron chi connectivity index (χ4n) is 3.45. The summed E-state index contributed by atoms with van der Waals surface area (Å²) in [7, 11) is 0. The van der Waals surface area contributed by atoms with Crippen molar-refractivity contribution in [3.05, 3.63) is 83.3 Å². The Balaban J connectivity index is 2.07. The molecule has 1 aromatic heterocycles. The minimum atomic E-state index is -0.557. The van der Waals surface area contributed by atoms with Crippen LogP contribution in [0.5, 0.6) is 0 Å². The van der Waals surface area contributed by atoms with Crippen LogP contribution in [0.1, 0.15) is 42.5 Å². The summed E-state index contributed by atoms with van der Waals surface area (Å²) >= 11 is 0. The molecule has 144 valence electrons. The SMILES string of the molecule is Cc1nc(Cc2ccccc2)c(-c2cccc(C=CC(=O)NO)c2)n1C(C)C. The van der Waals surface area contributed by atoms with Crippen molar-refractivity contribution >= 4 is 12.0 Å². The van der Waals surface area contributed by atoms with E-state index in [4.69, 9.17) is 10.2 Å². The molecule has 0 saturated carbocycles. The summed E-state index contributed by atoms with van der Waals surface area (Å²) < 4.78 is 2.25. The Morgan fingerprint density at radius 1 is 1.18 bits per heavy atom. The van der Waals surface area contributed by atoms with E-state index in [1.165, 1.54) is 11.6 Å². The molecule has 0 saturated heterocycles. The number of hydrogen-bond donors (Lipinski definition) is 2. The highest BCUT2D eigenvalue weighted by Gasteiger charge is 2.18. The molecule has 0 aliphatic heterocycles. The monoisotopic (exact) mass is 375 g/mol. The minimum absolute atomic E-state index is 0.270. The van der Waals surface area contributed by atoms with E-state index in [1.807, 2.05) is 43.3 Å². The van der Waals surface area contributed by atoms with Crippen molar-refractivity contribution in [3.63, 3.8) is 0 Å². The van der Waals surface area contributed by atoms with Gasteiger partial charge in [0.2, 0.25) is 0 Å². The molecule has 5 heteroatoms. The maximum atomic E-state index is 11.3. The summed E-state index contributed by atoms with van der Waals surface area (Å²) in [5, 5.41) is 8.66. The van der Waals surface area contributed by atoms with Gasteiger partial charge in [0, 0.05) is 24.1 Å². The molecule has 2 N–H and O–H groups in total. The summed E-state index contributed by atoms with van der Waals surface area (Å²) in [6.07, 6.45) is 3.73. The Hall–Kier alpha value is -3.18. The number of hydrogen-bond acceptors (Lipinski definition) is 3. The average Bonchev–Trinajstić information content (AvgIpc) is 3.03. The van der Waals surface area contributed by atoms with Crippen LogP contribution in [0.15, 0.2) is 60.7 Å². The van der Waals surface area contributed by atoms with Crippen LogP contribution in [0.3, 0.4) is 0 Å². The fourth-order valence-corrected chi connectivity index (χ4v) is 3.45. The largest absolute Gasteiger partial charge is 0.325 e. The van der Waals surface area contributed by atoms with Crippen LogP contribution < -0.4 is 5.48 Å². The molecular weight excluding hydrogens is 350 g/mol. The van der Waals surface area contributed by atoms with Crippen molar-refractivity contribution in [2.24, 2.45) is 0 Å². The first kappa shape index (κ1) is 19.6. The molecule has 0 unspecified atom stereocenters. The van der Waals surface area contributed by atoms with Gasteiger partial charge >= 0.3 is 0 Å². The predicted octanol–water partition coefficient (Wildman–Crippen LogP) is 4.55. The first-order valence-corrected chi connectivity index (χ1v) is 9.33. The van der Waals surface area contributed by atoms with E-state index in [0.29, 0.717) is 0 Å². The Morgan fingerprint density at radius 2 is 1.93 bits per heavy atom. The molecule has 5 nitrogen and oxygen atoms in total. The number of rotatable bonds is 6. The molecule has 0 aliphatic rings. The Morgan fingerprint density at radius 3 is 2.61 bits per heavy atom. The molecule has 0 bridgehead atoms. The molecule has 0 fully saturated rings. The van der Waals surface area contributed by atoms with Crippen molar-refractivity contribution in [1.29, 1.82) is 0 Å². The second kappa shape index (κ2) is 8.67. The average molecular weight is 375 g/mol. The molecule has 1 amide bonds. The van der Waals surface area contributed by atoms with Gasteiger partial charge in [-0.05, 0) is 44.0 Å². The summed E-state index contributed by atoms with van der Waals surface area (Å²) in [6.45, 7) is 6.34. The van der Waals surface area contributed by atoms with Gasteiger partial charge in [-0.2, -0.15) is 0 Å². The summed E-state index contributed by atoms with van der Waals surface area (Å²) in [5.41, 5.74) is 6.87. The molecule has 3 aromatic rings. The minimum Gasteiger partial charge on any atom is -0.325 e. The number of aryl methyl sites for hydroxylation is 1. The van der Waals surface area contributed by atoms with Crippen molar-refractivity contribution in [2.75, 3.05) is 0 Å². The standard InChI is InChI=1S/C23H25N3O2/c1-16(2)26-17(3)24-21(15-18-8-5-4-6-9-18)23(26)20-11-7-10-19(14-20)12-13-22(27)25-28/h4-14,16,28H,15H2,1-3H3,(H,25,27). The lowest BCUT2D eigenvalue weighted by molar-refractivity contribution is -0.124. The molecule has 0 spiro atoms. The lowest BCUT2D eigenvalue weighted by atomic mass is 10.0. The zero-order valence-electron chi connectivity index (χ0n) is 16.4. The van der Waals surface area contributed by atoms with E-state index in [-0.39, 0.29) is 6.04 Å². The predicted molar refractivity (Wildman–Crippen MR) is 111 cm³/mol. The van der Waals surface area contributed by atoms with Gasteiger partial charge in [-0.1, -0.05) is 48.5 Å². The Bertz CT molecular complexity index is 988. The van der Waals surface area contributed by atoms with Crippen LogP contribution in [-0.4, -0.2) is 20.7 Å². The van der Waals surface area contributed by atoms with Gasteiger partial charge in [-0.3, -0.25) is 10.0 Å². The number of carbonyl (C=O) groups excluding carboxylic acids is 1. The first-order chi connectivity index (χ1) is 13.5. The third kappa shape index (κ3) is 4.38. The number of nitrogens with one attached hydrogen (secondary N) is 1. The third-order valence-corrected chi connectivity index (χ3v) is 4.59. The molecule has 1 heterocycles. The lowest BCUT2D eigenvalue weighted by Gasteiger charge is -2.16. The lowest BCUT2D eigenvalue weighted by Crippen LogP contribution is -2.14. The van der Waals surface area contributed by atoms with E-state index < -0.39 is 5.91 Å². The number of imidazole rings is 1. The second-order valence-corrected chi connectivity index (χ2v) is 7.02. The van der Waals surface area contributed by atoms with Crippen LogP contribution in [0.4, 0.5) is 0 Å². The van der Waals surface area contributed by atoms with Gasteiger partial charge in [0.05, 0.1) is 11.4 Å². The van der Waals surface area contributed by atoms with E-state index in [0.717, 1.165) is 34.8 Å². The van der Waals surface area contributed by atoms with E-state index >= 15 is 0 Å². The number of carbonyl (C=O) groups is 1. The van der Waals surface area contributed by atoms with Gasteiger partial charge in [-0.15, -0.1) is 0 Å². The van der Waals surface area contributed by atoms with Crippen LogP contribution in [0.25, 0.3) is 17.3 Å². The molecule has 2 aromatic carbocycles. The summed E-state index contributed by atoms with van der Waals surface area (Å²) in [5.74, 6) is 0.426. The van der Waals surface area contributed by atoms with Crippen molar-refractivity contribution in [1.82, 2.24) is 15.0 Å². The third-order valence-electron chi connectivity index (χ3n) is 4.59. The van der Waals surface area contributed by atoms with E-state index in [2.05, 4.69) is 36.6 Å². The molecule has 0 aliphatic carbocycles. The van der Waals surface area contributed by atoms with Crippen molar-refractivity contribution < 1.29 is 10.0 Å². The smallest absolute Gasteiger partial charge is 0.267 e. The molecular formula is C23H25N3O2. The Labute approximate surface area is 165 Å². The number of benzene rings is 2. The second-order valence-electron chi connectivity index (χ2n) is 7.02. The highest BCUT2D eigenvalue weighted by Crippen LogP contribution is 2.30. The maximum absolute atomic E-state index is 11.3. The van der Waals surface area contributed by atoms with Crippen LogP contribution >= 0.6 is 0 Å². The quantitative estimate of drug-likeness (QED) is 0.377. The van der Waals surface area contributed by atoms with Gasteiger partial charge < -0.3 is 4.57 Å². The van der Waals surface area contributed by atoms with Gasteiger partial charge in [-0.25, -0.2) is 10.5 Å². The Kier molecular flexibility index (Phi) is 6.06. The number of aromatic nitrogens is 2. The zero-order chi connectivity index (χ0) is 20.1. The van der Waals surface area contributed by atoms with Crippen molar-refractivity contribution in [2.45, 2.75) is 33.2 Å². The zero-order valence-corrected chi connectivity index (χ0v) is 16.4. The molecule has 0 radical (unpaired) electrons. The summed E-state index contributed by atoms with van der Waals surface area (Å²) in [4.78, 5) is 16.2. The molecule has 0 atom stereocenters. The van der Waals surface area contributed by atoms with Crippen LogP contribution in [0, 0.1) is 6.92 Å². The maximum Gasteiger partial charge on any atom is 0.267 e. The topological polar surface area (TPSA) is 67.2 Å². The van der Waals surface area contributed by atoms with E-state index in [1.54, 1.807) is 11.6 Å². The first-order valence-electron chi connectivity index (χ1n) is 9.33. The molecule has 3 rings (SSSR count). The highest BCUT2D eigenvalue weighted by molar-refractivity contribution is 5.91. The van der Waals surface area contributed by atoms with Gasteiger partial charge in [0.1, 0.15) is 5.82 Å². The number of hydroxylamine groups is 1. The fraction of sp³-hybridized carbons (Fsp3) is 0.217. The van der Waals surface area contributed by atoms with Gasteiger partial charge in [0.25, 0.3) is 5.91 Å². The normalized spacial score (nSPS) is 11.3. The van der Waals surface area contributed by atoms with E-state index in [9.17, 15) is 4.79 Å². The van der Waals surface area contributed by atoms with Crippen LogP contribution in [-0.2, 0) is 11.2 Å². The van der Waals surface area contributed by atoms with Crippen molar-refractivity contribution in [3.8, 4) is 11.3 Å². The number of nitrogens with zero attached hydrogens (tertiary/aromatic N) is 2. The number of amides is 1. The summed E-state index contributed by atoms with van der Waals surface area (Å²) in [6, 6.07) is 18.6. The van der Waals surface area contributed by atoms with Crippen LogP contribution in [0.2, 0.25) is 0 Å². The molecule has 28 heavy (non-hydrogen) atoms. The van der Waals surface area contributed by atoms with Gasteiger partial charge in [0.15, 0.2) is 0 Å². The highest BCUT2D eigenvalue weighted by atomic mass is 16.5.